The standard InChI is InChI=1S/C16H10N2O7/c19-11-7-8(5-6-9(11)15(20)21)17-13-10-3-1-2-4-12(10)25-16(22)14(13)18(23)24/h1-7,17,19H,(H,20,21). The van der Waals surface area contributed by atoms with Crippen LogP contribution < -0.4 is 10.9 Å². The highest BCUT2D eigenvalue weighted by molar-refractivity contribution is 5.97. The maximum Gasteiger partial charge on any atom is 0.417 e. The third-order valence-electron chi connectivity index (χ3n) is 3.47. The minimum Gasteiger partial charge on any atom is -0.507 e. The Kier molecular flexibility index (Phi) is 3.82. The molecule has 0 saturated heterocycles. The Balaban J connectivity index is 2.20. The van der Waals surface area contributed by atoms with Gasteiger partial charge in [-0.15, -0.1) is 0 Å². The lowest BCUT2D eigenvalue weighted by atomic mass is 10.1. The monoisotopic (exact) mass is 342 g/mol. The van der Waals surface area contributed by atoms with Crippen LogP contribution in [0.3, 0.4) is 0 Å². The average molecular weight is 342 g/mol. The van der Waals surface area contributed by atoms with Crippen LogP contribution in [0.5, 0.6) is 5.75 Å². The summed E-state index contributed by atoms with van der Waals surface area (Å²) < 4.78 is 4.94. The Morgan fingerprint density at radius 2 is 1.92 bits per heavy atom. The number of benzene rings is 2. The van der Waals surface area contributed by atoms with E-state index in [4.69, 9.17) is 9.52 Å². The lowest BCUT2D eigenvalue weighted by Crippen LogP contribution is -2.10. The van der Waals surface area contributed by atoms with Crippen LogP contribution in [0.15, 0.2) is 51.7 Å². The number of carboxylic acids is 1. The van der Waals surface area contributed by atoms with Crippen LogP contribution in [0.25, 0.3) is 11.0 Å². The quantitative estimate of drug-likeness (QED) is 0.373. The van der Waals surface area contributed by atoms with E-state index in [-0.39, 0.29) is 27.9 Å². The first-order valence-corrected chi connectivity index (χ1v) is 6.92. The van der Waals surface area contributed by atoms with Gasteiger partial charge in [-0.25, -0.2) is 9.59 Å². The molecule has 0 spiro atoms. The van der Waals surface area contributed by atoms with Gasteiger partial charge in [-0.3, -0.25) is 10.1 Å². The molecule has 3 aromatic rings. The molecule has 0 bridgehead atoms. The van der Waals surface area contributed by atoms with Crippen LogP contribution in [-0.2, 0) is 0 Å². The van der Waals surface area contributed by atoms with E-state index in [0.717, 1.165) is 12.1 Å². The first-order chi connectivity index (χ1) is 11.9. The Bertz CT molecular complexity index is 1070. The van der Waals surface area contributed by atoms with Crippen LogP contribution >= 0.6 is 0 Å². The molecule has 3 rings (SSSR count). The van der Waals surface area contributed by atoms with Crippen molar-refractivity contribution in [1.29, 1.82) is 0 Å². The number of aromatic hydroxyl groups is 1. The number of para-hydroxylation sites is 1. The summed E-state index contributed by atoms with van der Waals surface area (Å²) in [4.78, 5) is 33.2. The first kappa shape index (κ1) is 16.0. The molecule has 1 aromatic heterocycles. The molecule has 1 heterocycles. The van der Waals surface area contributed by atoms with Crippen LogP contribution in [0.1, 0.15) is 10.4 Å². The van der Waals surface area contributed by atoms with Crippen molar-refractivity contribution in [2.24, 2.45) is 0 Å². The minimum absolute atomic E-state index is 0.112. The minimum atomic E-state index is -1.32. The number of carboxylic acid groups (broad SMARTS) is 1. The van der Waals surface area contributed by atoms with E-state index in [1.807, 2.05) is 0 Å². The summed E-state index contributed by atoms with van der Waals surface area (Å²) in [6.07, 6.45) is 0. The van der Waals surface area contributed by atoms with Gasteiger partial charge in [0.25, 0.3) is 0 Å². The van der Waals surface area contributed by atoms with Gasteiger partial charge in [0.15, 0.2) is 0 Å². The summed E-state index contributed by atoms with van der Waals surface area (Å²) in [6.45, 7) is 0. The summed E-state index contributed by atoms with van der Waals surface area (Å²) >= 11 is 0. The molecule has 0 aliphatic carbocycles. The van der Waals surface area contributed by atoms with Gasteiger partial charge in [0, 0.05) is 17.1 Å². The van der Waals surface area contributed by atoms with Crippen molar-refractivity contribution in [3.63, 3.8) is 0 Å². The zero-order valence-corrected chi connectivity index (χ0v) is 12.4. The van der Waals surface area contributed by atoms with Gasteiger partial charge in [-0.2, -0.15) is 0 Å². The zero-order valence-electron chi connectivity index (χ0n) is 12.4. The summed E-state index contributed by atoms with van der Waals surface area (Å²) in [5.41, 5.74) is -2.04. The number of carbonyl (C=O) groups is 1. The largest absolute Gasteiger partial charge is 0.507 e. The lowest BCUT2D eigenvalue weighted by Gasteiger charge is -2.10. The number of aromatic carboxylic acids is 1. The number of hydrogen-bond donors (Lipinski definition) is 3. The second kappa shape index (κ2) is 5.96. The highest BCUT2D eigenvalue weighted by Gasteiger charge is 2.25. The van der Waals surface area contributed by atoms with Crippen molar-refractivity contribution in [3.05, 3.63) is 68.6 Å². The van der Waals surface area contributed by atoms with E-state index in [1.165, 1.54) is 18.2 Å². The number of phenols is 1. The fourth-order valence-corrected chi connectivity index (χ4v) is 2.37. The van der Waals surface area contributed by atoms with Gasteiger partial charge < -0.3 is 19.9 Å². The van der Waals surface area contributed by atoms with Crippen LogP contribution in [0.2, 0.25) is 0 Å². The highest BCUT2D eigenvalue weighted by Crippen LogP contribution is 2.33. The number of nitro groups is 1. The number of nitrogens with zero attached hydrogens (tertiary/aromatic N) is 1. The molecule has 9 heteroatoms. The molecule has 0 unspecified atom stereocenters. The number of nitrogens with one attached hydrogen (secondary N) is 1. The van der Waals surface area contributed by atoms with E-state index in [0.29, 0.717) is 0 Å². The van der Waals surface area contributed by atoms with E-state index in [1.54, 1.807) is 12.1 Å². The van der Waals surface area contributed by atoms with Crippen molar-refractivity contribution in [3.8, 4) is 5.75 Å². The second-order valence-corrected chi connectivity index (χ2v) is 5.03. The summed E-state index contributed by atoms with van der Waals surface area (Å²) in [5, 5.41) is 32.9. The average Bonchev–Trinajstić information content (AvgIpc) is 2.54. The number of anilines is 2. The summed E-state index contributed by atoms with van der Waals surface area (Å²) in [6, 6.07) is 9.78. The topological polar surface area (TPSA) is 143 Å². The van der Waals surface area contributed by atoms with E-state index in [2.05, 4.69) is 5.32 Å². The molecule has 25 heavy (non-hydrogen) atoms. The Morgan fingerprint density at radius 3 is 2.56 bits per heavy atom. The van der Waals surface area contributed by atoms with Gasteiger partial charge in [-0.05, 0) is 24.3 Å². The fraction of sp³-hybridized carbons (Fsp3) is 0. The predicted octanol–water partition coefficient (Wildman–Crippen LogP) is 2.85. The number of rotatable bonds is 4. The molecule has 0 aliphatic heterocycles. The molecule has 0 saturated carbocycles. The Hall–Kier alpha value is -3.88. The Labute approximate surface area is 138 Å². The highest BCUT2D eigenvalue weighted by atomic mass is 16.6. The predicted molar refractivity (Wildman–Crippen MR) is 87.5 cm³/mol. The van der Waals surface area contributed by atoms with Crippen molar-refractivity contribution in [2.75, 3.05) is 5.32 Å². The molecule has 2 aromatic carbocycles. The number of hydrogen-bond acceptors (Lipinski definition) is 7. The second-order valence-electron chi connectivity index (χ2n) is 5.03. The smallest absolute Gasteiger partial charge is 0.417 e. The van der Waals surface area contributed by atoms with Crippen molar-refractivity contribution < 1.29 is 24.3 Å². The van der Waals surface area contributed by atoms with Crippen LogP contribution in [-0.4, -0.2) is 21.1 Å². The van der Waals surface area contributed by atoms with Crippen molar-refractivity contribution in [2.45, 2.75) is 0 Å². The van der Waals surface area contributed by atoms with Crippen molar-refractivity contribution in [1.82, 2.24) is 0 Å². The molecular weight excluding hydrogens is 332 g/mol. The number of fused-ring (bicyclic) bond motifs is 1. The fourth-order valence-electron chi connectivity index (χ4n) is 2.37. The molecule has 0 atom stereocenters. The molecule has 0 aliphatic rings. The van der Waals surface area contributed by atoms with E-state index in [9.17, 15) is 24.8 Å². The normalized spacial score (nSPS) is 10.6. The van der Waals surface area contributed by atoms with Gasteiger partial charge in [0.1, 0.15) is 22.6 Å². The molecule has 0 radical (unpaired) electrons. The van der Waals surface area contributed by atoms with E-state index >= 15 is 0 Å². The molecule has 0 amide bonds. The maximum atomic E-state index is 11.9. The lowest BCUT2D eigenvalue weighted by molar-refractivity contribution is -0.386. The third-order valence-corrected chi connectivity index (χ3v) is 3.47. The maximum absolute atomic E-state index is 11.9. The zero-order chi connectivity index (χ0) is 18.1. The first-order valence-electron chi connectivity index (χ1n) is 6.92. The third kappa shape index (κ3) is 2.85. The SMILES string of the molecule is O=C(O)c1ccc(Nc2c([N+](=O)[O-])c(=O)oc3ccccc23)cc1O. The van der Waals surface area contributed by atoms with Gasteiger partial charge in [0.05, 0.1) is 4.92 Å². The Morgan fingerprint density at radius 1 is 1.20 bits per heavy atom. The van der Waals surface area contributed by atoms with E-state index < -0.39 is 28.0 Å². The van der Waals surface area contributed by atoms with Crippen LogP contribution in [0.4, 0.5) is 17.1 Å². The molecule has 126 valence electrons. The van der Waals surface area contributed by atoms with Gasteiger partial charge >= 0.3 is 17.3 Å². The van der Waals surface area contributed by atoms with Crippen molar-refractivity contribution >= 4 is 34.0 Å². The molecule has 9 nitrogen and oxygen atoms in total. The summed E-state index contributed by atoms with van der Waals surface area (Å²) in [7, 11) is 0. The van der Waals surface area contributed by atoms with Crippen LogP contribution in [0, 0.1) is 10.1 Å². The molecule has 0 fully saturated rings. The molecular formula is C16H10N2O7. The summed E-state index contributed by atoms with van der Waals surface area (Å²) in [5.74, 6) is -1.84. The van der Waals surface area contributed by atoms with Gasteiger partial charge in [0.2, 0.25) is 0 Å². The van der Waals surface area contributed by atoms with Gasteiger partial charge in [-0.1, -0.05) is 12.1 Å². The molecule has 3 N–H and O–H groups in total.